The standard InChI is InChI=1S/C17H18N6O2/c24-17(19-7-10-1-2-10)14-12-8-23(6-4-13(12)25-22-14)16-11-3-5-18-15(11)20-9-21-16/h3,5,9-10H,1-2,4,6-8H2,(H,19,24)(H,18,20,21). The van der Waals surface area contributed by atoms with Gasteiger partial charge in [-0.1, -0.05) is 5.16 Å². The summed E-state index contributed by atoms with van der Waals surface area (Å²) in [7, 11) is 0. The Morgan fingerprint density at radius 2 is 2.32 bits per heavy atom. The van der Waals surface area contributed by atoms with Crippen molar-refractivity contribution in [1.82, 2.24) is 25.4 Å². The molecule has 0 aromatic carbocycles. The molecule has 1 aliphatic heterocycles. The molecular weight excluding hydrogens is 320 g/mol. The van der Waals surface area contributed by atoms with Crippen molar-refractivity contribution in [1.29, 1.82) is 0 Å². The van der Waals surface area contributed by atoms with Gasteiger partial charge in [-0.25, -0.2) is 9.97 Å². The number of carbonyl (C=O) groups excluding carboxylic acids is 1. The highest BCUT2D eigenvalue weighted by Crippen LogP contribution is 2.30. The van der Waals surface area contributed by atoms with Gasteiger partial charge in [0, 0.05) is 31.3 Å². The summed E-state index contributed by atoms with van der Waals surface area (Å²) in [5.74, 6) is 2.15. The van der Waals surface area contributed by atoms with Crippen LogP contribution in [-0.4, -0.2) is 39.1 Å². The number of aromatic amines is 1. The third-order valence-electron chi connectivity index (χ3n) is 4.92. The van der Waals surface area contributed by atoms with Crippen molar-refractivity contribution in [3.05, 3.63) is 35.6 Å². The fourth-order valence-electron chi connectivity index (χ4n) is 3.32. The van der Waals surface area contributed by atoms with Gasteiger partial charge in [0.15, 0.2) is 5.69 Å². The van der Waals surface area contributed by atoms with Gasteiger partial charge < -0.3 is 19.7 Å². The van der Waals surface area contributed by atoms with Crippen molar-refractivity contribution in [3.8, 4) is 0 Å². The zero-order valence-corrected chi connectivity index (χ0v) is 13.7. The Morgan fingerprint density at radius 1 is 1.40 bits per heavy atom. The van der Waals surface area contributed by atoms with Crippen molar-refractivity contribution >= 4 is 22.8 Å². The number of hydrogen-bond acceptors (Lipinski definition) is 6. The predicted octanol–water partition coefficient (Wildman–Crippen LogP) is 1.65. The molecule has 128 valence electrons. The molecule has 1 aliphatic carbocycles. The van der Waals surface area contributed by atoms with E-state index in [4.69, 9.17) is 4.52 Å². The molecule has 0 atom stereocenters. The maximum Gasteiger partial charge on any atom is 0.273 e. The summed E-state index contributed by atoms with van der Waals surface area (Å²) in [4.78, 5) is 26.4. The second-order valence-electron chi connectivity index (χ2n) is 6.70. The van der Waals surface area contributed by atoms with E-state index in [9.17, 15) is 4.79 Å². The van der Waals surface area contributed by atoms with Crippen LogP contribution in [0.15, 0.2) is 23.1 Å². The first kappa shape index (κ1) is 14.4. The number of nitrogens with zero attached hydrogens (tertiary/aromatic N) is 4. The highest BCUT2D eigenvalue weighted by Gasteiger charge is 2.30. The van der Waals surface area contributed by atoms with E-state index in [1.54, 1.807) is 6.33 Å². The first-order valence-corrected chi connectivity index (χ1v) is 8.58. The zero-order chi connectivity index (χ0) is 16.8. The molecule has 8 nitrogen and oxygen atoms in total. The topological polar surface area (TPSA) is 99.9 Å². The van der Waals surface area contributed by atoms with E-state index in [-0.39, 0.29) is 5.91 Å². The lowest BCUT2D eigenvalue weighted by Crippen LogP contribution is -2.33. The Bertz CT molecular complexity index is 942. The van der Waals surface area contributed by atoms with Crippen molar-refractivity contribution in [2.75, 3.05) is 18.0 Å². The van der Waals surface area contributed by atoms with Gasteiger partial charge in [0.25, 0.3) is 5.91 Å². The maximum absolute atomic E-state index is 12.4. The van der Waals surface area contributed by atoms with Gasteiger partial charge >= 0.3 is 0 Å². The van der Waals surface area contributed by atoms with Crippen LogP contribution in [0.1, 0.15) is 34.7 Å². The van der Waals surface area contributed by atoms with Gasteiger partial charge in [-0.15, -0.1) is 0 Å². The summed E-state index contributed by atoms with van der Waals surface area (Å²) < 4.78 is 5.41. The van der Waals surface area contributed by atoms with E-state index in [0.29, 0.717) is 24.6 Å². The van der Waals surface area contributed by atoms with Crippen LogP contribution in [-0.2, 0) is 13.0 Å². The van der Waals surface area contributed by atoms with Crippen LogP contribution in [0.3, 0.4) is 0 Å². The van der Waals surface area contributed by atoms with Crippen molar-refractivity contribution in [2.45, 2.75) is 25.8 Å². The van der Waals surface area contributed by atoms with Crippen molar-refractivity contribution < 1.29 is 9.32 Å². The number of amides is 1. The zero-order valence-electron chi connectivity index (χ0n) is 13.7. The van der Waals surface area contributed by atoms with Crippen LogP contribution in [0.25, 0.3) is 11.0 Å². The number of carbonyl (C=O) groups is 1. The largest absolute Gasteiger partial charge is 0.360 e. The van der Waals surface area contributed by atoms with Gasteiger partial charge in [0.2, 0.25) is 0 Å². The van der Waals surface area contributed by atoms with Gasteiger partial charge in [-0.05, 0) is 24.8 Å². The number of H-pyrrole nitrogens is 1. The first-order valence-electron chi connectivity index (χ1n) is 8.58. The molecule has 0 unspecified atom stereocenters. The molecule has 1 amide bonds. The van der Waals surface area contributed by atoms with Crippen LogP contribution < -0.4 is 10.2 Å². The Morgan fingerprint density at radius 3 is 3.20 bits per heavy atom. The summed E-state index contributed by atoms with van der Waals surface area (Å²) in [6, 6.07) is 1.97. The Balaban J connectivity index is 1.42. The summed E-state index contributed by atoms with van der Waals surface area (Å²) >= 11 is 0. The number of rotatable bonds is 4. The third kappa shape index (κ3) is 2.54. The maximum atomic E-state index is 12.4. The molecule has 0 saturated heterocycles. The van der Waals surface area contributed by atoms with Crippen LogP contribution in [0.5, 0.6) is 0 Å². The lowest BCUT2D eigenvalue weighted by atomic mass is 10.1. The summed E-state index contributed by atoms with van der Waals surface area (Å²) in [5, 5.41) is 7.96. The smallest absolute Gasteiger partial charge is 0.273 e. The number of fused-ring (bicyclic) bond motifs is 2. The van der Waals surface area contributed by atoms with Crippen LogP contribution >= 0.6 is 0 Å². The molecule has 8 heteroatoms. The lowest BCUT2D eigenvalue weighted by Gasteiger charge is -2.27. The van der Waals surface area contributed by atoms with Crippen molar-refractivity contribution in [2.24, 2.45) is 5.92 Å². The molecule has 4 heterocycles. The van der Waals surface area contributed by atoms with E-state index in [2.05, 4.69) is 30.3 Å². The van der Waals surface area contributed by atoms with E-state index in [1.807, 2.05) is 12.3 Å². The summed E-state index contributed by atoms with van der Waals surface area (Å²) in [5.41, 5.74) is 2.07. The number of hydrogen-bond donors (Lipinski definition) is 2. The minimum atomic E-state index is -0.145. The van der Waals surface area contributed by atoms with Crippen LogP contribution in [0, 0.1) is 5.92 Å². The lowest BCUT2D eigenvalue weighted by molar-refractivity contribution is 0.0942. The number of anilines is 1. The van der Waals surface area contributed by atoms with Gasteiger partial charge in [-0.3, -0.25) is 4.79 Å². The quantitative estimate of drug-likeness (QED) is 0.750. The Kier molecular flexibility index (Phi) is 3.22. The number of nitrogens with one attached hydrogen (secondary N) is 2. The van der Waals surface area contributed by atoms with Crippen molar-refractivity contribution in [3.63, 3.8) is 0 Å². The highest BCUT2D eigenvalue weighted by atomic mass is 16.5. The molecule has 2 N–H and O–H groups in total. The summed E-state index contributed by atoms with van der Waals surface area (Å²) in [6.07, 6.45) is 6.51. The molecule has 0 spiro atoms. The molecule has 5 rings (SSSR count). The molecule has 0 radical (unpaired) electrons. The predicted molar refractivity (Wildman–Crippen MR) is 90.2 cm³/mol. The van der Waals surface area contributed by atoms with Gasteiger partial charge in [-0.2, -0.15) is 0 Å². The molecule has 2 aliphatic rings. The SMILES string of the molecule is O=C(NCC1CC1)c1noc2c1CN(c1ncnc3[nH]ccc13)CC2. The van der Waals surface area contributed by atoms with E-state index < -0.39 is 0 Å². The minimum absolute atomic E-state index is 0.145. The van der Waals surface area contributed by atoms with Gasteiger partial charge in [0.05, 0.1) is 11.9 Å². The summed E-state index contributed by atoms with van der Waals surface area (Å²) in [6.45, 7) is 2.05. The molecule has 1 saturated carbocycles. The van der Waals surface area contributed by atoms with Gasteiger partial charge in [0.1, 0.15) is 23.6 Å². The monoisotopic (exact) mass is 338 g/mol. The fraction of sp³-hybridized carbons (Fsp3) is 0.412. The molecule has 1 fully saturated rings. The molecule has 3 aromatic heterocycles. The average Bonchev–Trinajstić information content (AvgIpc) is 3.17. The van der Waals surface area contributed by atoms with E-state index >= 15 is 0 Å². The second-order valence-corrected chi connectivity index (χ2v) is 6.70. The average molecular weight is 338 g/mol. The van der Waals surface area contributed by atoms with Crippen LogP contribution in [0.2, 0.25) is 0 Å². The Hall–Kier alpha value is -2.90. The Labute approximate surface area is 143 Å². The normalized spacial score (nSPS) is 16.9. The van der Waals surface area contributed by atoms with Crippen LogP contribution in [0.4, 0.5) is 5.82 Å². The second kappa shape index (κ2) is 5.58. The third-order valence-corrected chi connectivity index (χ3v) is 4.92. The first-order chi connectivity index (χ1) is 12.3. The minimum Gasteiger partial charge on any atom is -0.360 e. The highest BCUT2D eigenvalue weighted by molar-refractivity contribution is 5.94. The number of aromatic nitrogens is 4. The fourth-order valence-corrected chi connectivity index (χ4v) is 3.32. The molecule has 3 aromatic rings. The van der Waals surface area contributed by atoms with E-state index in [0.717, 1.165) is 41.3 Å². The molecule has 25 heavy (non-hydrogen) atoms. The molecule has 0 bridgehead atoms. The molecular formula is C17H18N6O2. The van der Waals surface area contributed by atoms with E-state index in [1.165, 1.54) is 12.8 Å².